The summed E-state index contributed by atoms with van der Waals surface area (Å²) in [5.74, 6) is 0. The van der Waals surface area contributed by atoms with E-state index < -0.39 is 7.60 Å². The van der Waals surface area contributed by atoms with Crippen molar-refractivity contribution in [1.82, 2.24) is 0 Å². The Morgan fingerprint density at radius 3 is 2.61 bits per heavy atom. The summed E-state index contributed by atoms with van der Waals surface area (Å²) in [7, 11) is -4.36. The van der Waals surface area contributed by atoms with Crippen molar-refractivity contribution < 1.29 is 14.4 Å². The molecule has 0 saturated heterocycles. The van der Waals surface area contributed by atoms with Gasteiger partial charge in [-0.25, -0.2) is 0 Å². The average Bonchev–Trinajstić information content (AvgIpc) is 2.31. The molecule has 0 aliphatic heterocycles. The van der Waals surface area contributed by atoms with E-state index in [2.05, 4.69) is 18.2 Å². The summed E-state index contributed by atoms with van der Waals surface area (Å²) in [4.78, 5) is 22.9. The Morgan fingerprint density at radius 2 is 2.00 bits per heavy atom. The summed E-state index contributed by atoms with van der Waals surface area (Å²) in [6.45, 7) is 7.33. The number of hydrogen-bond acceptors (Lipinski definition) is 2. The lowest BCUT2D eigenvalue weighted by atomic mass is 9.92. The predicted molar refractivity (Wildman–Crippen MR) is 73.0 cm³/mol. The van der Waals surface area contributed by atoms with E-state index in [0.29, 0.717) is 22.4 Å². The van der Waals surface area contributed by atoms with Crippen molar-refractivity contribution in [2.45, 2.75) is 0 Å². The number of benzene rings is 1. The van der Waals surface area contributed by atoms with Crippen LogP contribution in [-0.4, -0.2) is 15.5 Å². The first kappa shape index (κ1) is 12.7. The number of aliphatic imine (C=N–C) groups is 1. The van der Waals surface area contributed by atoms with Crippen LogP contribution in [0.3, 0.4) is 0 Å². The zero-order valence-corrected chi connectivity index (χ0v) is 10.5. The highest BCUT2D eigenvalue weighted by molar-refractivity contribution is 7.60. The Balaban J connectivity index is 2.82. The van der Waals surface area contributed by atoms with Crippen LogP contribution in [0.15, 0.2) is 54.2 Å². The molecule has 0 unspecified atom stereocenters. The molecule has 0 radical (unpaired) electrons. The van der Waals surface area contributed by atoms with E-state index in [-0.39, 0.29) is 5.30 Å². The summed E-state index contributed by atoms with van der Waals surface area (Å²) >= 11 is 0. The molecule has 0 bridgehead atoms. The van der Waals surface area contributed by atoms with Crippen molar-refractivity contribution in [3.63, 3.8) is 0 Å². The lowest BCUT2D eigenvalue weighted by Crippen LogP contribution is -2.21. The average molecular weight is 261 g/mol. The van der Waals surface area contributed by atoms with E-state index in [4.69, 9.17) is 0 Å². The fourth-order valence-corrected chi connectivity index (χ4v) is 2.67. The quantitative estimate of drug-likeness (QED) is 0.800. The number of hydrogen-bond donors (Lipinski definition) is 2. The second-order valence-corrected chi connectivity index (χ2v) is 5.37. The minimum Gasteiger partial charge on any atom is -0.321 e. The van der Waals surface area contributed by atoms with Crippen LogP contribution in [0.5, 0.6) is 0 Å². The largest absolute Gasteiger partial charge is 0.356 e. The molecule has 0 fully saturated rings. The van der Waals surface area contributed by atoms with Crippen LogP contribution < -0.4 is 5.30 Å². The second kappa shape index (κ2) is 4.50. The van der Waals surface area contributed by atoms with Crippen LogP contribution in [0.1, 0.15) is 11.1 Å². The minimum atomic E-state index is -4.36. The summed E-state index contributed by atoms with van der Waals surface area (Å²) in [5.41, 5.74) is 2.19. The van der Waals surface area contributed by atoms with Gasteiger partial charge in [0.25, 0.3) is 0 Å². The molecular formula is C13H12NO3P. The van der Waals surface area contributed by atoms with Gasteiger partial charge in [0, 0.05) is 11.8 Å². The van der Waals surface area contributed by atoms with Crippen LogP contribution in [0, 0.1) is 0 Å². The summed E-state index contributed by atoms with van der Waals surface area (Å²) in [6, 6.07) is 4.79. The van der Waals surface area contributed by atoms with E-state index in [1.54, 1.807) is 24.3 Å². The van der Waals surface area contributed by atoms with Gasteiger partial charge in [-0.15, -0.1) is 0 Å². The number of fused-ring (bicyclic) bond motifs is 1. The molecule has 0 spiro atoms. The molecule has 0 amide bonds. The van der Waals surface area contributed by atoms with Crippen molar-refractivity contribution in [1.29, 1.82) is 0 Å². The SMILES string of the molecule is C=CN=C1C(=C)C=Cc2cccc(P(=O)(O)O)c21. The highest BCUT2D eigenvalue weighted by atomic mass is 31.2. The third kappa shape index (κ3) is 2.14. The Labute approximate surface area is 105 Å². The Hall–Kier alpha value is -1.74. The number of nitrogens with zero attached hydrogens (tertiary/aromatic N) is 1. The van der Waals surface area contributed by atoms with Gasteiger partial charge in [0.15, 0.2) is 0 Å². The number of rotatable bonds is 2. The maximum Gasteiger partial charge on any atom is 0.356 e. The zero-order valence-electron chi connectivity index (χ0n) is 9.58. The van der Waals surface area contributed by atoms with Gasteiger partial charge in [0.1, 0.15) is 0 Å². The monoisotopic (exact) mass is 261 g/mol. The lowest BCUT2D eigenvalue weighted by molar-refractivity contribution is 0.387. The second-order valence-electron chi connectivity index (χ2n) is 3.80. The van der Waals surface area contributed by atoms with E-state index in [9.17, 15) is 14.4 Å². The van der Waals surface area contributed by atoms with Gasteiger partial charge < -0.3 is 9.79 Å². The van der Waals surface area contributed by atoms with Gasteiger partial charge in [-0.3, -0.25) is 9.56 Å². The van der Waals surface area contributed by atoms with Crippen LogP contribution in [0.2, 0.25) is 0 Å². The molecule has 5 heteroatoms. The van der Waals surface area contributed by atoms with E-state index in [0.717, 1.165) is 0 Å². The molecule has 0 aromatic heterocycles. The van der Waals surface area contributed by atoms with Gasteiger partial charge in [-0.05, 0) is 17.2 Å². The van der Waals surface area contributed by atoms with Crippen molar-refractivity contribution in [3.05, 3.63) is 60.3 Å². The minimum absolute atomic E-state index is 0.0360. The standard InChI is InChI=1S/C13H12NO3P/c1-3-14-13-9(2)7-8-10-5-4-6-11(12(10)13)18(15,16)17/h3-8H,1-2H2,(H2,15,16,17). The molecule has 1 aliphatic carbocycles. The molecule has 18 heavy (non-hydrogen) atoms. The highest BCUT2D eigenvalue weighted by Crippen LogP contribution is 2.37. The first-order valence-corrected chi connectivity index (χ1v) is 6.82. The zero-order chi connectivity index (χ0) is 13.3. The van der Waals surface area contributed by atoms with Crippen LogP contribution in [0.4, 0.5) is 0 Å². The summed E-state index contributed by atoms with van der Waals surface area (Å²) in [5, 5.41) is -0.0360. The molecule has 1 aromatic carbocycles. The Morgan fingerprint density at radius 1 is 1.28 bits per heavy atom. The summed E-state index contributed by atoms with van der Waals surface area (Å²) < 4.78 is 11.5. The molecule has 1 aliphatic rings. The lowest BCUT2D eigenvalue weighted by Gasteiger charge is -2.19. The molecule has 92 valence electrons. The third-order valence-electron chi connectivity index (χ3n) is 2.61. The third-order valence-corrected chi connectivity index (χ3v) is 3.61. The summed E-state index contributed by atoms with van der Waals surface area (Å²) in [6.07, 6.45) is 4.85. The molecule has 2 rings (SSSR count). The first-order chi connectivity index (χ1) is 8.45. The molecule has 0 saturated carbocycles. The molecule has 0 atom stereocenters. The Bertz CT molecular complexity index is 638. The predicted octanol–water partition coefficient (Wildman–Crippen LogP) is 2.01. The maximum absolute atomic E-state index is 11.5. The van der Waals surface area contributed by atoms with Crippen LogP contribution in [-0.2, 0) is 4.57 Å². The normalized spacial score (nSPS) is 16.8. The molecule has 0 heterocycles. The topological polar surface area (TPSA) is 69.9 Å². The van der Waals surface area contributed by atoms with Crippen molar-refractivity contribution >= 4 is 24.7 Å². The first-order valence-electron chi connectivity index (χ1n) is 5.20. The molecule has 2 N–H and O–H groups in total. The van der Waals surface area contributed by atoms with Gasteiger partial charge in [-0.1, -0.05) is 37.4 Å². The van der Waals surface area contributed by atoms with Crippen LogP contribution in [0.25, 0.3) is 6.08 Å². The van der Waals surface area contributed by atoms with E-state index >= 15 is 0 Å². The van der Waals surface area contributed by atoms with Crippen molar-refractivity contribution in [2.75, 3.05) is 0 Å². The molecule has 1 aromatic rings. The fraction of sp³-hybridized carbons (Fsp3) is 0. The van der Waals surface area contributed by atoms with Crippen LogP contribution >= 0.6 is 7.60 Å². The van der Waals surface area contributed by atoms with Gasteiger partial charge in [0.05, 0.1) is 11.0 Å². The highest BCUT2D eigenvalue weighted by Gasteiger charge is 2.27. The fourth-order valence-electron chi connectivity index (χ4n) is 1.87. The maximum atomic E-state index is 11.5. The van der Waals surface area contributed by atoms with Gasteiger partial charge in [0.2, 0.25) is 0 Å². The van der Waals surface area contributed by atoms with Gasteiger partial charge >= 0.3 is 7.60 Å². The number of allylic oxidation sites excluding steroid dienone is 2. The van der Waals surface area contributed by atoms with Crippen molar-refractivity contribution in [3.8, 4) is 0 Å². The molecular weight excluding hydrogens is 249 g/mol. The van der Waals surface area contributed by atoms with Gasteiger partial charge in [-0.2, -0.15) is 0 Å². The smallest absolute Gasteiger partial charge is 0.321 e. The van der Waals surface area contributed by atoms with E-state index in [1.807, 2.05) is 0 Å². The Kier molecular flexibility index (Phi) is 3.18. The van der Waals surface area contributed by atoms with Crippen molar-refractivity contribution in [2.24, 2.45) is 4.99 Å². The molecule has 4 nitrogen and oxygen atoms in total. The van der Waals surface area contributed by atoms with E-state index in [1.165, 1.54) is 12.3 Å².